The molecule has 3 aliphatic rings. The van der Waals surface area contributed by atoms with Crippen molar-refractivity contribution in [2.24, 2.45) is 0 Å². The number of benzene rings is 2. The minimum Gasteiger partial charge on any atom is -0.465 e. The highest BCUT2D eigenvalue weighted by atomic mass is 19.1. The second kappa shape index (κ2) is 7.78. The van der Waals surface area contributed by atoms with Crippen LogP contribution in [-0.2, 0) is 6.54 Å². The molecule has 1 N–H and O–H groups in total. The normalized spacial score (nSPS) is 19.0. The van der Waals surface area contributed by atoms with Gasteiger partial charge in [0.05, 0.1) is 17.1 Å². The van der Waals surface area contributed by atoms with E-state index in [0.29, 0.717) is 37.2 Å². The smallest absolute Gasteiger partial charge is 0.407 e. The number of piperidine rings is 1. The van der Waals surface area contributed by atoms with E-state index < -0.39 is 6.09 Å². The van der Waals surface area contributed by atoms with E-state index in [1.165, 1.54) is 21.7 Å². The van der Waals surface area contributed by atoms with Gasteiger partial charge in [0, 0.05) is 30.7 Å². The van der Waals surface area contributed by atoms with Crippen LogP contribution in [0.25, 0.3) is 22.2 Å². The highest BCUT2D eigenvalue weighted by molar-refractivity contribution is 5.93. The molecular weight excluding hydrogens is 411 g/mol. The molecule has 0 aromatic heterocycles. The number of carbonyl (C=O) groups is 1. The van der Waals surface area contributed by atoms with Gasteiger partial charge in [-0.3, -0.25) is 4.79 Å². The molecule has 0 spiro atoms. The molecule has 8 heteroatoms. The summed E-state index contributed by atoms with van der Waals surface area (Å²) in [6, 6.07) is 13.8. The maximum atomic E-state index is 13.4. The van der Waals surface area contributed by atoms with Crippen LogP contribution in [0.1, 0.15) is 31.4 Å². The molecule has 1 amide bonds. The van der Waals surface area contributed by atoms with Gasteiger partial charge in [-0.25, -0.2) is 13.9 Å². The predicted molar refractivity (Wildman–Crippen MR) is 119 cm³/mol. The van der Waals surface area contributed by atoms with Crippen molar-refractivity contribution in [2.45, 2.75) is 38.4 Å². The van der Waals surface area contributed by atoms with Gasteiger partial charge in [0.1, 0.15) is 11.5 Å². The number of hydrogen-bond donors (Lipinski definition) is 1. The van der Waals surface area contributed by atoms with Crippen LogP contribution in [0.2, 0.25) is 0 Å². The lowest BCUT2D eigenvalue weighted by molar-refractivity contribution is 0.0950. The number of para-hydroxylation sites is 1. The molecule has 32 heavy (non-hydrogen) atoms. The van der Waals surface area contributed by atoms with Crippen molar-refractivity contribution in [3.05, 3.63) is 76.5 Å². The lowest BCUT2D eigenvalue weighted by Crippen LogP contribution is -2.45. The molecule has 1 saturated heterocycles. The summed E-state index contributed by atoms with van der Waals surface area (Å²) in [5, 5.41) is 14.9. The topological polar surface area (TPSA) is 80.4 Å². The molecule has 2 aromatic carbocycles. The average molecular weight is 434 g/mol. The Labute approximate surface area is 183 Å². The van der Waals surface area contributed by atoms with Gasteiger partial charge in [-0.1, -0.05) is 30.3 Å². The fourth-order valence-electron chi connectivity index (χ4n) is 4.72. The highest BCUT2D eigenvalue weighted by Crippen LogP contribution is 2.31. The second-order valence-electron chi connectivity index (χ2n) is 8.42. The van der Waals surface area contributed by atoms with Crippen LogP contribution in [0.4, 0.5) is 9.18 Å². The highest BCUT2D eigenvalue weighted by Gasteiger charge is 2.32. The number of carboxylic acid groups (broad SMARTS) is 1. The molecular formula is C24H23FN4O3. The number of rotatable bonds is 3. The minimum absolute atomic E-state index is 0.148. The average Bonchev–Trinajstić information content (AvgIpc) is 3.12. The Morgan fingerprint density at radius 1 is 1.19 bits per heavy atom. The third kappa shape index (κ3) is 3.41. The third-order valence-corrected chi connectivity index (χ3v) is 6.36. The van der Waals surface area contributed by atoms with E-state index in [1.54, 1.807) is 12.1 Å². The van der Waals surface area contributed by atoms with Crippen LogP contribution in [0.15, 0.2) is 59.5 Å². The van der Waals surface area contributed by atoms with Gasteiger partial charge in [-0.2, -0.15) is 5.10 Å². The first-order valence-electron chi connectivity index (χ1n) is 10.7. The minimum atomic E-state index is -0.934. The summed E-state index contributed by atoms with van der Waals surface area (Å²) < 4.78 is 16.9. The van der Waals surface area contributed by atoms with E-state index in [4.69, 9.17) is 5.10 Å². The zero-order valence-electron chi connectivity index (χ0n) is 17.6. The number of halogens is 1. The number of aromatic nitrogens is 3. The van der Waals surface area contributed by atoms with Crippen LogP contribution in [0.5, 0.6) is 0 Å². The zero-order valence-corrected chi connectivity index (χ0v) is 17.6. The Kier molecular flexibility index (Phi) is 4.92. The molecule has 2 atom stereocenters. The van der Waals surface area contributed by atoms with Gasteiger partial charge in [-0.15, -0.1) is 0 Å². The number of pyridine rings is 1. The summed E-state index contributed by atoms with van der Waals surface area (Å²) in [6.07, 6.45) is 1.98. The van der Waals surface area contributed by atoms with Crippen LogP contribution in [-0.4, -0.2) is 43.0 Å². The third-order valence-electron chi connectivity index (χ3n) is 6.36. The van der Waals surface area contributed by atoms with Gasteiger partial charge < -0.3 is 14.6 Å². The summed E-state index contributed by atoms with van der Waals surface area (Å²) in [5.41, 5.74) is 2.87. The summed E-state index contributed by atoms with van der Waals surface area (Å²) in [7, 11) is 0. The largest absolute Gasteiger partial charge is 0.465 e. The maximum Gasteiger partial charge on any atom is 0.407 e. The fourth-order valence-corrected chi connectivity index (χ4v) is 4.72. The number of nitrogens with zero attached hydrogens (tertiary/aromatic N) is 4. The molecule has 7 nitrogen and oxygen atoms in total. The lowest BCUT2D eigenvalue weighted by Gasteiger charge is -2.35. The molecule has 0 radical (unpaired) electrons. The molecule has 0 bridgehead atoms. The molecule has 164 valence electrons. The Bertz CT molecular complexity index is 1330. The van der Waals surface area contributed by atoms with Crippen LogP contribution in [0, 0.1) is 5.82 Å². The van der Waals surface area contributed by atoms with Crippen molar-refractivity contribution in [3.8, 4) is 11.3 Å². The van der Waals surface area contributed by atoms with Gasteiger partial charge in [0.15, 0.2) is 0 Å². The lowest BCUT2D eigenvalue weighted by atomic mass is 9.99. The standard InChI is InChI=1S/C24H23FN4O3/c1-15-12-18(10-11-28(15)24(31)32)29-23(30)20-14-27(13-16-6-8-17(25)9-7-16)21-5-3-2-4-19(21)22(20)26-29/h2-9,14-15,18H,10-13H2,1H3,(H,31,32). The number of fused-ring (bicyclic) bond motifs is 3. The second-order valence-corrected chi connectivity index (χ2v) is 8.42. The molecule has 1 fully saturated rings. The molecule has 5 rings (SSSR count). The predicted octanol–water partition coefficient (Wildman–Crippen LogP) is 4.19. The van der Waals surface area contributed by atoms with E-state index in [-0.39, 0.29) is 23.5 Å². The molecule has 2 aromatic rings. The molecule has 0 aliphatic carbocycles. The molecule has 3 aliphatic heterocycles. The fraction of sp³-hybridized carbons (Fsp3) is 0.292. The number of hydrogen-bond acceptors (Lipinski definition) is 3. The zero-order chi connectivity index (χ0) is 22.4. The van der Waals surface area contributed by atoms with Crippen molar-refractivity contribution < 1.29 is 14.3 Å². The van der Waals surface area contributed by atoms with Crippen molar-refractivity contribution in [1.82, 2.24) is 19.2 Å². The Balaban J connectivity index is 1.59. The maximum absolute atomic E-state index is 13.4. The van der Waals surface area contributed by atoms with Crippen molar-refractivity contribution in [2.75, 3.05) is 6.54 Å². The molecule has 2 unspecified atom stereocenters. The monoisotopic (exact) mass is 434 g/mol. The van der Waals surface area contributed by atoms with Crippen molar-refractivity contribution in [1.29, 1.82) is 0 Å². The van der Waals surface area contributed by atoms with E-state index in [9.17, 15) is 19.1 Å². The molecule has 3 heterocycles. The first-order valence-corrected chi connectivity index (χ1v) is 10.7. The van der Waals surface area contributed by atoms with Gasteiger partial charge in [-0.05, 0) is 43.5 Å². The van der Waals surface area contributed by atoms with E-state index in [1.807, 2.05) is 42.0 Å². The van der Waals surface area contributed by atoms with Gasteiger partial charge in [0.2, 0.25) is 0 Å². The van der Waals surface area contributed by atoms with Crippen LogP contribution >= 0.6 is 0 Å². The Hall–Kier alpha value is -3.68. The quantitative estimate of drug-likeness (QED) is 0.524. The summed E-state index contributed by atoms with van der Waals surface area (Å²) >= 11 is 0. The van der Waals surface area contributed by atoms with Gasteiger partial charge >= 0.3 is 6.09 Å². The van der Waals surface area contributed by atoms with Crippen molar-refractivity contribution >= 4 is 17.0 Å². The SMILES string of the molecule is CC1CC(n2nc3c4ccccc4n(Cc4ccc(F)cc4)cc-3c2=O)CCN1C(=O)O. The van der Waals surface area contributed by atoms with Crippen LogP contribution in [0.3, 0.4) is 0 Å². The number of amides is 1. The summed E-state index contributed by atoms with van der Waals surface area (Å²) in [5.74, 6) is -0.287. The Morgan fingerprint density at radius 2 is 1.94 bits per heavy atom. The van der Waals surface area contributed by atoms with E-state index in [0.717, 1.165) is 16.5 Å². The first kappa shape index (κ1) is 20.2. The number of likely N-dealkylation sites (tertiary alicyclic amines) is 1. The summed E-state index contributed by atoms with van der Waals surface area (Å²) in [4.78, 5) is 26.1. The first-order chi connectivity index (χ1) is 15.4. The Morgan fingerprint density at radius 3 is 2.66 bits per heavy atom. The van der Waals surface area contributed by atoms with Gasteiger partial charge in [0.25, 0.3) is 5.56 Å². The van der Waals surface area contributed by atoms with E-state index >= 15 is 0 Å². The van der Waals surface area contributed by atoms with E-state index in [2.05, 4.69) is 0 Å². The summed E-state index contributed by atoms with van der Waals surface area (Å²) in [6.45, 7) is 2.73. The molecule has 0 saturated carbocycles. The van der Waals surface area contributed by atoms with Crippen molar-refractivity contribution in [3.63, 3.8) is 0 Å². The van der Waals surface area contributed by atoms with Crippen LogP contribution < -0.4 is 5.56 Å².